The summed E-state index contributed by atoms with van der Waals surface area (Å²) < 4.78 is 0. The summed E-state index contributed by atoms with van der Waals surface area (Å²) in [7, 11) is 0. The summed E-state index contributed by atoms with van der Waals surface area (Å²) in [5.41, 5.74) is 2.45. The van der Waals surface area contributed by atoms with E-state index >= 15 is 0 Å². The molecule has 1 heterocycles. The van der Waals surface area contributed by atoms with E-state index in [0.717, 1.165) is 17.7 Å². The number of nitrogens with one attached hydrogen (secondary N) is 1. The van der Waals surface area contributed by atoms with Crippen LogP contribution in [0.2, 0.25) is 0 Å². The van der Waals surface area contributed by atoms with Crippen molar-refractivity contribution in [3.8, 4) is 0 Å². The summed E-state index contributed by atoms with van der Waals surface area (Å²) in [6.07, 6.45) is 4.40. The monoisotopic (exact) mass is 296 g/mol. The molecule has 0 spiro atoms. The van der Waals surface area contributed by atoms with Gasteiger partial charge in [0.25, 0.3) is 0 Å². The Morgan fingerprint density at radius 2 is 1.86 bits per heavy atom. The van der Waals surface area contributed by atoms with Gasteiger partial charge in [-0.1, -0.05) is 38.1 Å². The van der Waals surface area contributed by atoms with Crippen molar-refractivity contribution in [3.63, 3.8) is 0 Å². The number of hydrogen-bond donors (Lipinski definition) is 1. The number of carbonyl (C=O) groups excluding carboxylic acids is 1. The van der Waals surface area contributed by atoms with Crippen LogP contribution in [0, 0.1) is 5.92 Å². The smallest absolute Gasteiger partial charge is 0.234 e. The fraction of sp³-hybridized carbons (Fsp3) is 0.368. The molecule has 1 aromatic heterocycles. The van der Waals surface area contributed by atoms with Crippen LogP contribution in [0.1, 0.15) is 38.8 Å². The first kappa shape index (κ1) is 16.2. The number of hydrogen-bond acceptors (Lipinski definition) is 2. The Bertz CT molecular complexity index is 616. The average molecular weight is 296 g/mol. The van der Waals surface area contributed by atoms with Gasteiger partial charge in [0.15, 0.2) is 0 Å². The molecule has 0 aliphatic rings. The molecule has 3 heteroatoms. The van der Waals surface area contributed by atoms with Crippen molar-refractivity contribution in [1.29, 1.82) is 0 Å². The molecule has 2 rings (SSSR count). The molecule has 0 unspecified atom stereocenters. The number of aromatic nitrogens is 1. The van der Waals surface area contributed by atoms with Crippen LogP contribution in [0.4, 0.5) is 5.69 Å². The summed E-state index contributed by atoms with van der Waals surface area (Å²) in [6.45, 7) is 8.30. The molecule has 0 atom stereocenters. The van der Waals surface area contributed by atoms with Crippen LogP contribution in [0.3, 0.4) is 0 Å². The molecule has 116 valence electrons. The third kappa shape index (κ3) is 3.94. The maximum atomic E-state index is 12.6. The van der Waals surface area contributed by atoms with Crippen molar-refractivity contribution in [1.82, 2.24) is 4.98 Å². The van der Waals surface area contributed by atoms with E-state index in [1.54, 1.807) is 12.4 Å². The second kappa shape index (κ2) is 6.73. The molecule has 1 aromatic carbocycles. The molecular weight excluding hydrogens is 272 g/mol. The van der Waals surface area contributed by atoms with E-state index in [4.69, 9.17) is 0 Å². The molecule has 3 nitrogen and oxygen atoms in total. The summed E-state index contributed by atoms with van der Waals surface area (Å²) >= 11 is 0. The predicted octanol–water partition coefficient (Wildman–Crippen LogP) is 4.20. The SMILES string of the molecule is CC(C)Cc1ccc(C(C)(C)C(=O)Nc2cccnc2)cc1. The molecular formula is C19H24N2O. The Morgan fingerprint density at radius 3 is 2.41 bits per heavy atom. The molecule has 0 saturated carbocycles. The number of benzene rings is 1. The zero-order valence-electron chi connectivity index (χ0n) is 13.8. The Labute approximate surface area is 132 Å². The first-order valence-corrected chi connectivity index (χ1v) is 7.70. The summed E-state index contributed by atoms with van der Waals surface area (Å²) in [6, 6.07) is 12.0. The normalized spacial score (nSPS) is 11.5. The van der Waals surface area contributed by atoms with E-state index in [1.165, 1.54) is 5.56 Å². The van der Waals surface area contributed by atoms with Gasteiger partial charge in [-0.05, 0) is 49.4 Å². The summed E-state index contributed by atoms with van der Waals surface area (Å²) in [5.74, 6) is 0.602. The highest BCUT2D eigenvalue weighted by molar-refractivity contribution is 5.98. The lowest BCUT2D eigenvalue weighted by molar-refractivity contribution is -0.120. The van der Waals surface area contributed by atoms with E-state index in [0.29, 0.717) is 5.92 Å². The quantitative estimate of drug-likeness (QED) is 0.898. The van der Waals surface area contributed by atoms with Crippen molar-refractivity contribution < 1.29 is 4.79 Å². The van der Waals surface area contributed by atoms with Gasteiger partial charge in [-0.2, -0.15) is 0 Å². The minimum atomic E-state index is -0.591. The Kier molecular flexibility index (Phi) is 4.96. The number of rotatable bonds is 5. The number of nitrogens with zero attached hydrogens (tertiary/aromatic N) is 1. The first-order chi connectivity index (χ1) is 10.4. The van der Waals surface area contributed by atoms with Gasteiger partial charge in [-0.15, -0.1) is 0 Å². The van der Waals surface area contributed by atoms with Gasteiger partial charge in [-0.25, -0.2) is 0 Å². The molecule has 0 aliphatic heterocycles. The van der Waals surface area contributed by atoms with Crippen molar-refractivity contribution in [2.24, 2.45) is 5.92 Å². The van der Waals surface area contributed by atoms with Gasteiger partial charge in [0.2, 0.25) is 5.91 Å². The highest BCUT2D eigenvalue weighted by atomic mass is 16.2. The molecule has 0 fully saturated rings. The first-order valence-electron chi connectivity index (χ1n) is 7.70. The number of pyridine rings is 1. The topological polar surface area (TPSA) is 42.0 Å². The maximum Gasteiger partial charge on any atom is 0.234 e. The van der Waals surface area contributed by atoms with E-state index in [-0.39, 0.29) is 5.91 Å². The second-order valence-electron chi connectivity index (χ2n) is 6.62. The highest BCUT2D eigenvalue weighted by Gasteiger charge is 2.29. The largest absolute Gasteiger partial charge is 0.324 e. The Balaban J connectivity index is 2.13. The van der Waals surface area contributed by atoms with E-state index in [9.17, 15) is 4.79 Å². The van der Waals surface area contributed by atoms with Crippen LogP contribution in [0.5, 0.6) is 0 Å². The zero-order chi connectivity index (χ0) is 16.2. The lowest BCUT2D eigenvalue weighted by atomic mass is 9.83. The zero-order valence-corrected chi connectivity index (χ0v) is 13.8. The third-order valence-electron chi connectivity index (χ3n) is 3.81. The van der Waals surface area contributed by atoms with Gasteiger partial charge in [0, 0.05) is 6.20 Å². The average Bonchev–Trinajstić information content (AvgIpc) is 2.48. The van der Waals surface area contributed by atoms with Crippen LogP contribution in [0.25, 0.3) is 0 Å². The van der Waals surface area contributed by atoms with Crippen LogP contribution in [-0.2, 0) is 16.6 Å². The predicted molar refractivity (Wildman–Crippen MR) is 90.9 cm³/mol. The Morgan fingerprint density at radius 1 is 1.18 bits per heavy atom. The molecule has 0 bridgehead atoms. The minimum absolute atomic E-state index is 0.0305. The minimum Gasteiger partial charge on any atom is -0.324 e. The summed E-state index contributed by atoms with van der Waals surface area (Å²) in [4.78, 5) is 16.6. The molecule has 0 saturated heterocycles. The van der Waals surface area contributed by atoms with Crippen LogP contribution >= 0.6 is 0 Å². The van der Waals surface area contributed by atoms with Gasteiger partial charge >= 0.3 is 0 Å². The van der Waals surface area contributed by atoms with Gasteiger partial charge in [0.05, 0.1) is 17.3 Å². The molecule has 1 N–H and O–H groups in total. The van der Waals surface area contributed by atoms with Crippen LogP contribution in [0.15, 0.2) is 48.8 Å². The summed E-state index contributed by atoms with van der Waals surface area (Å²) in [5, 5.41) is 2.93. The highest BCUT2D eigenvalue weighted by Crippen LogP contribution is 2.26. The lowest BCUT2D eigenvalue weighted by Gasteiger charge is -2.24. The van der Waals surface area contributed by atoms with Crippen LogP contribution < -0.4 is 5.32 Å². The van der Waals surface area contributed by atoms with Crippen molar-refractivity contribution in [2.45, 2.75) is 39.5 Å². The number of carbonyl (C=O) groups is 1. The lowest BCUT2D eigenvalue weighted by Crippen LogP contribution is -2.34. The standard InChI is InChI=1S/C19H24N2O/c1-14(2)12-15-7-9-16(10-8-15)19(3,4)18(22)21-17-6-5-11-20-13-17/h5-11,13-14H,12H2,1-4H3,(H,21,22). The van der Waals surface area contributed by atoms with Gasteiger partial charge < -0.3 is 5.32 Å². The maximum absolute atomic E-state index is 12.6. The molecule has 0 radical (unpaired) electrons. The van der Waals surface area contributed by atoms with E-state index in [1.807, 2.05) is 26.0 Å². The van der Waals surface area contributed by atoms with Gasteiger partial charge in [-0.3, -0.25) is 9.78 Å². The molecule has 0 aliphatic carbocycles. The van der Waals surface area contributed by atoms with Crippen molar-refractivity contribution >= 4 is 11.6 Å². The molecule has 1 amide bonds. The van der Waals surface area contributed by atoms with Crippen LogP contribution in [-0.4, -0.2) is 10.9 Å². The number of amides is 1. The van der Waals surface area contributed by atoms with E-state index < -0.39 is 5.41 Å². The van der Waals surface area contributed by atoms with Gasteiger partial charge in [0.1, 0.15) is 0 Å². The fourth-order valence-corrected chi connectivity index (χ4v) is 2.38. The Hall–Kier alpha value is -2.16. The van der Waals surface area contributed by atoms with E-state index in [2.05, 4.69) is 48.4 Å². The fourth-order valence-electron chi connectivity index (χ4n) is 2.38. The molecule has 22 heavy (non-hydrogen) atoms. The second-order valence-corrected chi connectivity index (χ2v) is 6.62. The third-order valence-corrected chi connectivity index (χ3v) is 3.81. The van der Waals surface area contributed by atoms with Crippen molar-refractivity contribution in [2.75, 3.05) is 5.32 Å². The molecule has 2 aromatic rings. The van der Waals surface area contributed by atoms with Crippen molar-refractivity contribution in [3.05, 3.63) is 59.9 Å². The number of anilines is 1.